The van der Waals surface area contributed by atoms with Gasteiger partial charge in [-0.15, -0.1) is 0 Å². The largest absolute Gasteiger partial charge is 0.497 e. The monoisotopic (exact) mass is 330 g/mol. The number of methoxy groups -OCH3 is 2. The molecule has 0 saturated heterocycles. The Morgan fingerprint density at radius 3 is 2.75 bits per heavy atom. The molecule has 0 bridgehead atoms. The number of hydrogen-bond acceptors (Lipinski definition) is 3. The Morgan fingerprint density at radius 2 is 2.08 bits per heavy atom. The van der Waals surface area contributed by atoms with Crippen molar-refractivity contribution in [2.45, 2.75) is 52.4 Å². The molecule has 1 aliphatic rings. The third-order valence-corrected chi connectivity index (χ3v) is 5.62. The van der Waals surface area contributed by atoms with Crippen molar-refractivity contribution >= 4 is 6.29 Å². The van der Waals surface area contributed by atoms with E-state index in [1.54, 1.807) is 14.2 Å². The number of allylic oxidation sites excluding steroid dienone is 2. The number of unbranched alkanes of at least 4 members (excludes halogenated alkanes) is 1. The van der Waals surface area contributed by atoms with E-state index in [9.17, 15) is 4.79 Å². The molecular formula is C21H30O3. The van der Waals surface area contributed by atoms with Gasteiger partial charge in [0.15, 0.2) is 0 Å². The number of benzene rings is 1. The second kappa shape index (κ2) is 8.36. The average molecular weight is 330 g/mol. The number of hydrogen-bond donors (Lipinski definition) is 0. The average Bonchev–Trinajstić information content (AvgIpc) is 2.59. The summed E-state index contributed by atoms with van der Waals surface area (Å²) in [6.45, 7) is 4.71. The molecule has 1 aromatic rings. The van der Waals surface area contributed by atoms with Crippen LogP contribution in [-0.4, -0.2) is 20.5 Å². The smallest absolute Gasteiger partial charge is 0.122 e. The number of carbonyl (C=O) groups is 1. The molecule has 3 nitrogen and oxygen atoms in total. The predicted molar refractivity (Wildman–Crippen MR) is 97.8 cm³/mol. The maximum atomic E-state index is 10.7. The fourth-order valence-corrected chi connectivity index (χ4v) is 3.84. The first-order valence-electron chi connectivity index (χ1n) is 8.89. The number of ether oxygens (including phenoxy) is 2. The van der Waals surface area contributed by atoms with Gasteiger partial charge in [-0.2, -0.15) is 0 Å². The van der Waals surface area contributed by atoms with Gasteiger partial charge in [-0.25, -0.2) is 0 Å². The fourth-order valence-electron chi connectivity index (χ4n) is 3.84. The van der Waals surface area contributed by atoms with Gasteiger partial charge in [0.25, 0.3) is 0 Å². The van der Waals surface area contributed by atoms with Crippen LogP contribution in [0.5, 0.6) is 11.5 Å². The third kappa shape index (κ3) is 4.00. The molecule has 0 radical (unpaired) electrons. The van der Waals surface area contributed by atoms with Crippen molar-refractivity contribution in [2.75, 3.05) is 14.2 Å². The highest BCUT2D eigenvalue weighted by Crippen LogP contribution is 2.47. The Morgan fingerprint density at radius 1 is 1.29 bits per heavy atom. The molecule has 0 aliphatic heterocycles. The molecule has 132 valence electrons. The van der Waals surface area contributed by atoms with E-state index < -0.39 is 0 Å². The second-order valence-electron chi connectivity index (χ2n) is 7.04. The zero-order valence-electron chi connectivity index (χ0n) is 15.4. The molecule has 24 heavy (non-hydrogen) atoms. The van der Waals surface area contributed by atoms with E-state index in [-0.39, 0.29) is 5.41 Å². The van der Waals surface area contributed by atoms with Crippen molar-refractivity contribution in [1.29, 1.82) is 0 Å². The van der Waals surface area contributed by atoms with Gasteiger partial charge in [0.2, 0.25) is 0 Å². The highest BCUT2D eigenvalue weighted by atomic mass is 16.5. The van der Waals surface area contributed by atoms with Crippen LogP contribution in [-0.2, 0) is 11.2 Å². The SMILES string of the molecule is COc1ccc(OC)c(C[C@]2(C)C(CCCC=O)=CCC[C@H]2C)c1. The predicted octanol–water partition coefficient (Wildman–Crippen LogP) is 4.98. The Labute approximate surface area is 146 Å². The summed E-state index contributed by atoms with van der Waals surface area (Å²) in [6.07, 6.45) is 9.29. The first-order valence-corrected chi connectivity index (χ1v) is 8.89. The summed E-state index contributed by atoms with van der Waals surface area (Å²) < 4.78 is 11.0. The zero-order chi connectivity index (χ0) is 17.6. The molecule has 2 rings (SSSR count). The minimum Gasteiger partial charge on any atom is -0.497 e. The van der Waals surface area contributed by atoms with Crippen LogP contribution in [0, 0.1) is 11.3 Å². The van der Waals surface area contributed by atoms with Gasteiger partial charge in [-0.3, -0.25) is 0 Å². The normalized spacial score (nSPS) is 23.5. The van der Waals surface area contributed by atoms with E-state index in [2.05, 4.69) is 26.0 Å². The van der Waals surface area contributed by atoms with Crippen molar-refractivity contribution in [1.82, 2.24) is 0 Å². The lowest BCUT2D eigenvalue weighted by molar-refractivity contribution is -0.107. The Bertz CT molecular complexity index is 591. The van der Waals surface area contributed by atoms with Crippen molar-refractivity contribution in [3.8, 4) is 11.5 Å². The molecular weight excluding hydrogens is 300 g/mol. The second-order valence-corrected chi connectivity index (χ2v) is 7.04. The molecule has 0 unspecified atom stereocenters. The highest BCUT2D eigenvalue weighted by molar-refractivity contribution is 5.49. The quantitative estimate of drug-likeness (QED) is 0.383. The summed E-state index contributed by atoms with van der Waals surface area (Å²) in [5.74, 6) is 2.39. The maximum absolute atomic E-state index is 10.7. The zero-order valence-corrected chi connectivity index (χ0v) is 15.4. The van der Waals surface area contributed by atoms with E-state index in [0.717, 1.165) is 43.5 Å². The van der Waals surface area contributed by atoms with Crippen LogP contribution in [0.4, 0.5) is 0 Å². The highest BCUT2D eigenvalue weighted by Gasteiger charge is 2.37. The first kappa shape index (κ1) is 18.6. The molecule has 0 fully saturated rings. The molecule has 0 spiro atoms. The lowest BCUT2D eigenvalue weighted by Gasteiger charge is -2.42. The van der Waals surface area contributed by atoms with Crippen LogP contribution in [0.2, 0.25) is 0 Å². The van der Waals surface area contributed by atoms with Crippen LogP contribution in [0.1, 0.15) is 51.5 Å². The van der Waals surface area contributed by atoms with Crippen LogP contribution in [0.15, 0.2) is 29.8 Å². The van der Waals surface area contributed by atoms with Crippen molar-refractivity contribution in [3.63, 3.8) is 0 Å². The Kier molecular flexibility index (Phi) is 6.47. The Hall–Kier alpha value is -1.77. The lowest BCUT2D eigenvalue weighted by Crippen LogP contribution is -2.33. The molecule has 1 aliphatic carbocycles. The van der Waals surface area contributed by atoms with Crippen LogP contribution >= 0.6 is 0 Å². The molecule has 0 N–H and O–H groups in total. The van der Waals surface area contributed by atoms with E-state index in [1.807, 2.05) is 12.1 Å². The molecule has 2 atom stereocenters. The van der Waals surface area contributed by atoms with Gasteiger partial charge >= 0.3 is 0 Å². The van der Waals surface area contributed by atoms with Gasteiger partial charge < -0.3 is 14.3 Å². The van der Waals surface area contributed by atoms with Crippen LogP contribution < -0.4 is 9.47 Å². The van der Waals surface area contributed by atoms with Gasteiger partial charge in [0.05, 0.1) is 14.2 Å². The summed E-state index contributed by atoms with van der Waals surface area (Å²) in [4.78, 5) is 10.7. The van der Waals surface area contributed by atoms with E-state index in [0.29, 0.717) is 12.3 Å². The van der Waals surface area contributed by atoms with Gasteiger partial charge in [-0.05, 0) is 67.2 Å². The van der Waals surface area contributed by atoms with Crippen molar-refractivity contribution in [3.05, 3.63) is 35.4 Å². The summed E-state index contributed by atoms with van der Waals surface area (Å²) in [5, 5.41) is 0. The lowest BCUT2D eigenvalue weighted by atomic mass is 9.63. The molecule has 0 amide bonds. The van der Waals surface area contributed by atoms with Crippen molar-refractivity contribution < 1.29 is 14.3 Å². The maximum Gasteiger partial charge on any atom is 0.122 e. The molecule has 1 aromatic carbocycles. The minimum atomic E-state index is 0.0980. The minimum absolute atomic E-state index is 0.0980. The number of aldehydes is 1. The number of rotatable bonds is 8. The summed E-state index contributed by atoms with van der Waals surface area (Å²) in [7, 11) is 3.42. The third-order valence-electron chi connectivity index (χ3n) is 5.62. The Balaban J connectivity index is 2.30. The van der Waals surface area contributed by atoms with E-state index in [4.69, 9.17) is 9.47 Å². The van der Waals surface area contributed by atoms with E-state index in [1.165, 1.54) is 17.6 Å². The summed E-state index contributed by atoms with van der Waals surface area (Å²) >= 11 is 0. The summed E-state index contributed by atoms with van der Waals surface area (Å²) in [5.41, 5.74) is 2.78. The van der Waals surface area contributed by atoms with Crippen LogP contribution in [0.25, 0.3) is 0 Å². The topological polar surface area (TPSA) is 35.5 Å². The molecule has 0 heterocycles. The summed E-state index contributed by atoms with van der Waals surface area (Å²) in [6, 6.07) is 6.02. The first-order chi connectivity index (χ1) is 11.5. The molecule has 3 heteroatoms. The number of carbonyl (C=O) groups excluding carboxylic acids is 1. The van der Waals surface area contributed by atoms with E-state index >= 15 is 0 Å². The molecule has 0 aromatic heterocycles. The van der Waals surface area contributed by atoms with Crippen molar-refractivity contribution in [2.24, 2.45) is 11.3 Å². The van der Waals surface area contributed by atoms with Gasteiger partial charge in [0.1, 0.15) is 17.8 Å². The van der Waals surface area contributed by atoms with Gasteiger partial charge in [0, 0.05) is 6.42 Å². The fraction of sp³-hybridized carbons (Fsp3) is 0.571. The standard InChI is InChI=1S/C21H30O3/c1-16-8-7-10-18(9-5-6-13-22)21(16,2)15-17-14-19(23-3)11-12-20(17)24-4/h10-14,16H,5-9,15H2,1-4H3/t16-,21+/m1/s1. The molecule has 0 saturated carbocycles. The van der Waals surface area contributed by atoms with Gasteiger partial charge in [-0.1, -0.05) is 25.5 Å². The van der Waals surface area contributed by atoms with Crippen LogP contribution in [0.3, 0.4) is 0 Å².